The van der Waals surface area contributed by atoms with Crippen LogP contribution in [-0.4, -0.2) is 27.4 Å². The number of hydrogen-bond donors (Lipinski definition) is 0. The Morgan fingerprint density at radius 2 is 1.04 bits per heavy atom. The molecule has 2 saturated carbocycles. The van der Waals surface area contributed by atoms with Crippen molar-refractivity contribution in [3.05, 3.63) is 0 Å². The van der Waals surface area contributed by atoms with E-state index in [1.54, 1.807) is 0 Å². The Morgan fingerprint density at radius 1 is 0.652 bits per heavy atom. The summed E-state index contributed by atoms with van der Waals surface area (Å²) in [6, 6.07) is 0. The lowest BCUT2D eigenvalue weighted by Gasteiger charge is -2.36. The third-order valence-electron chi connectivity index (χ3n) is 6.52. The zero-order valence-electron chi connectivity index (χ0n) is 15.8. The summed E-state index contributed by atoms with van der Waals surface area (Å²) in [5.41, 5.74) is 0.262. The van der Waals surface area contributed by atoms with Crippen molar-refractivity contribution in [2.24, 2.45) is 17.3 Å². The van der Waals surface area contributed by atoms with Crippen LogP contribution in [0.3, 0.4) is 0 Å². The maximum atomic E-state index is 5.66. The molecule has 0 spiro atoms. The molecule has 0 unspecified atom stereocenters. The minimum absolute atomic E-state index is 0.262. The molecule has 0 amide bonds. The Hall–Kier alpha value is -0.0800. The van der Waals surface area contributed by atoms with E-state index in [0.29, 0.717) is 0 Å². The SMILES string of the molecule is COCC(CCC1CCCCC1)(CCC1CCCCC1)COC. The Bertz CT molecular complexity index is 260. The lowest BCUT2D eigenvalue weighted by atomic mass is 9.73. The molecule has 0 saturated heterocycles. The first-order valence-electron chi connectivity index (χ1n) is 10.3. The van der Waals surface area contributed by atoms with Gasteiger partial charge in [-0.25, -0.2) is 0 Å². The Labute approximate surface area is 144 Å². The topological polar surface area (TPSA) is 18.5 Å². The van der Waals surface area contributed by atoms with Gasteiger partial charge in [0.2, 0.25) is 0 Å². The Morgan fingerprint density at radius 3 is 1.39 bits per heavy atom. The third kappa shape index (κ3) is 6.74. The van der Waals surface area contributed by atoms with Gasteiger partial charge in [0.15, 0.2) is 0 Å². The molecular formula is C21H40O2. The first-order chi connectivity index (χ1) is 11.3. The van der Waals surface area contributed by atoms with Crippen molar-refractivity contribution in [3.63, 3.8) is 0 Å². The van der Waals surface area contributed by atoms with Gasteiger partial charge in [-0.05, 0) is 37.5 Å². The van der Waals surface area contributed by atoms with Crippen molar-refractivity contribution in [1.29, 1.82) is 0 Å². The van der Waals surface area contributed by atoms with Gasteiger partial charge >= 0.3 is 0 Å². The van der Waals surface area contributed by atoms with Crippen molar-refractivity contribution in [1.82, 2.24) is 0 Å². The fraction of sp³-hybridized carbons (Fsp3) is 1.00. The van der Waals surface area contributed by atoms with Crippen LogP contribution in [0.2, 0.25) is 0 Å². The smallest absolute Gasteiger partial charge is 0.0540 e. The van der Waals surface area contributed by atoms with E-state index < -0.39 is 0 Å². The summed E-state index contributed by atoms with van der Waals surface area (Å²) in [7, 11) is 3.73. The zero-order chi connectivity index (χ0) is 16.4. The third-order valence-corrected chi connectivity index (χ3v) is 6.52. The molecule has 0 aliphatic heterocycles. The molecule has 0 aromatic rings. The van der Waals surface area contributed by atoms with Crippen LogP contribution in [0.4, 0.5) is 0 Å². The van der Waals surface area contributed by atoms with Gasteiger partial charge in [-0.2, -0.15) is 0 Å². The number of rotatable bonds is 10. The van der Waals surface area contributed by atoms with Crippen molar-refractivity contribution in [2.45, 2.75) is 89.9 Å². The minimum atomic E-state index is 0.262. The van der Waals surface area contributed by atoms with E-state index in [0.717, 1.165) is 25.0 Å². The van der Waals surface area contributed by atoms with E-state index in [9.17, 15) is 0 Å². The van der Waals surface area contributed by atoms with Crippen LogP contribution in [0, 0.1) is 17.3 Å². The summed E-state index contributed by atoms with van der Waals surface area (Å²) in [6.45, 7) is 1.75. The second-order valence-corrected chi connectivity index (χ2v) is 8.45. The molecule has 2 aliphatic carbocycles. The average Bonchev–Trinajstić information content (AvgIpc) is 2.60. The molecular weight excluding hydrogens is 284 g/mol. The first-order valence-corrected chi connectivity index (χ1v) is 10.3. The van der Waals surface area contributed by atoms with Crippen LogP contribution >= 0.6 is 0 Å². The number of methoxy groups -OCH3 is 2. The largest absolute Gasteiger partial charge is 0.384 e. The second kappa shape index (κ2) is 10.7. The van der Waals surface area contributed by atoms with E-state index in [4.69, 9.17) is 9.47 Å². The van der Waals surface area contributed by atoms with E-state index in [2.05, 4.69) is 0 Å². The molecule has 2 fully saturated rings. The van der Waals surface area contributed by atoms with Crippen molar-refractivity contribution < 1.29 is 9.47 Å². The molecule has 0 aromatic carbocycles. The van der Waals surface area contributed by atoms with Gasteiger partial charge in [0, 0.05) is 19.6 Å². The van der Waals surface area contributed by atoms with Crippen LogP contribution in [-0.2, 0) is 9.47 Å². The van der Waals surface area contributed by atoms with Crippen LogP contribution in [0.1, 0.15) is 89.9 Å². The zero-order valence-corrected chi connectivity index (χ0v) is 15.8. The molecule has 0 radical (unpaired) electrons. The maximum absolute atomic E-state index is 5.66. The maximum Gasteiger partial charge on any atom is 0.0540 e. The predicted molar refractivity (Wildman–Crippen MR) is 97.8 cm³/mol. The lowest BCUT2D eigenvalue weighted by molar-refractivity contribution is -0.0106. The highest BCUT2D eigenvalue weighted by molar-refractivity contribution is 4.83. The molecule has 0 atom stereocenters. The van der Waals surface area contributed by atoms with Crippen LogP contribution in [0.15, 0.2) is 0 Å². The summed E-state index contributed by atoms with van der Waals surface area (Å²) in [5, 5.41) is 0. The molecule has 0 heterocycles. The summed E-state index contributed by atoms with van der Waals surface area (Å²) in [4.78, 5) is 0. The highest BCUT2D eigenvalue weighted by Gasteiger charge is 2.32. The van der Waals surface area contributed by atoms with Gasteiger partial charge in [-0.1, -0.05) is 64.2 Å². The van der Waals surface area contributed by atoms with Crippen molar-refractivity contribution in [3.8, 4) is 0 Å². The summed E-state index contributed by atoms with van der Waals surface area (Å²) in [5.74, 6) is 1.93. The second-order valence-electron chi connectivity index (χ2n) is 8.45. The Balaban J connectivity index is 1.86. The van der Waals surface area contributed by atoms with Crippen LogP contribution in [0.25, 0.3) is 0 Å². The minimum Gasteiger partial charge on any atom is -0.384 e. The van der Waals surface area contributed by atoms with Gasteiger partial charge in [0.05, 0.1) is 13.2 Å². The molecule has 0 N–H and O–H groups in total. The van der Waals surface area contributed by atoms with Crippen LogP contribution in [0.5, 0.6) is 0 Å². The molecule has 0 aromatic heterocycles. The van der Waals surface area contributed by atoms with Gasteiger partial charge in [-0.15, -0.1) is 0 Å². The molecule has 2 aliphatic rings. The average molecular weight is 325 g/mol. The highest BCUT2D eigenvalue weighted by Crippen LogP contribution is 2.39. The first kappa shape index (κ1) is 19.2. The normalized spacial score (nSPS) is 21.7. The van der Waals surface area contributed by atoms with E-state index >= 15 is 0 Å². The molecule has 136 valence electrons. The van der Waals surface area contributed by atoms with Crippen LogP contribution < -0.4 is 0 Å². The highest BCUT2D eigenvalue weighted by atomic mass is 16.5. The summed E-state index contributed by atoms with van der Waals surface area (Å²) in [6.07, 6.45) is 19.9. The molecule has 2 rings (SSSR count). The summed E-state index contributed by atoms with van der Waals surface area (Å²) < 4.78 is 11.3. The fourth-order valence-electron chi connectivity index (χ4n) is 5.04. The van der Waals surface area contributed by atoms with Gasteiger partial charge in [0.1, 0.15) is 0 Å². The van der Waals surface area contributed by atoms with E-state index in [-0.39, 0.29) is 5.41 Å². The Kier molecular flexibility index (Phi) is 8.97. The number of ether oxygens (including phenoxy) is 2. The van der Waals surface area contributed by atoms with Gasteiger partial charge in [0.25, 0.3) is 0 Å². The monoisotopic (exact) mass is 324 g/mol. The van der Waals surface area contributed by atoms with Gasteiger partial charge in [-0.3, -0.25) is 0 Å². The summed E-state index contributed by atoms with van der Waals surface area (Å²) >= 11 is 0. The van der Waals surface area contributed by atoms with E-state index in [1.165, 1.54) is 89.9 Å². The van der Waals surface area contributed by atoms with Crippen molar-refractivity contribution >= 4 is 0 Å². The number of hydrogen-bond acceptors (Lipinski definition) is 2. The lowest BCUT2D eigenvalue weighted by Crippen LogP contribution is -2.33. The fourth-order valence-corrected chi connectivity index (χ4v) is 5.04. The van der Waals surface area contributed by atoms with E-state index in [1.807, 2.05) is 14.2 Å². The molecule has 2 heteroatoms. The standard InChI is InChI=1S/C21H40O2/c1-22-17-21(18-23-2,15-13-19-9-5-3-6-10-19)16-14-20-11-7-4-8-12-20/h19-20H,3-18H2,1-2H3. The molecule has 2 nitrogen and oxygen atoms in total. The predicted octanol–water partition coefficient (Wildman–Crippen LogP) is 5.99. The molecule has 0 bridgehead atoms. The van der Waals surface area contributed by atoms with Crippen molar-refractivity contribution in [2.75, 3.05) is 27.4 Å². The van der Waals surface area contributed by atoms with Gasteiger partial charge < -0.3 is 9.47 Å². The quantitative estimate of drug-likeness (QED) is 0.491. The molecule has 23 heavy (non-hydrogen) atoms.